The first-order valence-corrected chi connectivity index (χ1v) is 19.6. The smallest absolute Gasteiger partial charge is 0.124 e. The lowest BCUT2D eigenvalue weighted by Gasteiger charge is -2.38. The molecule has 7 aromatic carbocycles. The fraction of sp³-hybridized carbons (Fsp3) is 0.176. The minimum absolute atomic E-state index is 0.0624. The lowest BCUT2D eigenvalue weighted by Crippen LogP contribution is -2.32. The first-order chi connectivity index (χ1) is 28.2. The molecule has 286 valence electrons. The number of benzene rings is 7. The van der Waals surface area contributed by atoms with Gasteiger partial charge in [0.15, 0.2) is 0 Å². The number of hydrogen-bond donors (Lipinski definition) is 3. The van der Waals surface area contributed by atoms with Crippen LogP contribution in [-0.4, -0.2) is 50.3 Å². The summed E-state index contributed by atoms with van der Waals surface area (Å²) in [6.07, 6.45) is 0. The van der Waals surface area contributed by atoms with Crippen LogP contribution in [0, 0.1) is 0 Å². The zero-order chi connectivity index (χ0) is 39.4. The maximum Gasteiger partial charge on any atom is 0.124 e. The van der Waals surface area contributed by atoms with Crippen molar-refractivity contribution in [3.05, 3.63) is 208 Å². The normalized spacial score (nSPS) is 13.6. The van der Waals surface area contributed by atoms with E-state index in [9.17, 15) is 10.2 Å². The molecule has 0 bridgehead atoms. The Hall–Kier alpha value is -6.18. The average Bonchev–Trinajstić information content (AvgIpc) is 3.75. The Kier molecular flexibility index (Phi) is 10.7. The van der Waals surface area contributed by atoms with E-state index in [0.717, 1.165) is 50.3 Å². The van der Waals surface area contributed by atoms with E-state index in [2.05, 4.69) is 157 Å². The summed E-state index contributed by atoms with van der Waals surface area (Å²) >= 11 is 0. The first-order valence-electron chi connectivity index (χ1n) is 19.6. The molecule has 0 spiro atoms. The number of nitrogens with two attached hydrogens (primary N) is 1. The summed E-state index contributed by atoms with van der Waals surface area (Å²) in [7, 11) is 1.50. The highest BCUT2D eigenvalue weighted by Gasteiger charge is 2.50. The topological polar surface area (TPSA) is 94.2 Å². The average molecular weight is 754 g/mol. The Bertz CT molecular complexity index is 2400. The van der Waals surface area contributed by atoms with Crippen LogP contribution in [-0.2, 0) is 10.8 Å². The van der Waals surface area contributed by atoms with Crippen molar-refractivity contribution in [3.63, 3.8) is 0 Å². The highest BCUT2D eigenvalue weighted by atomic mass is 16.5. The predicted octanol–water partition coefficient (Wildman–Crippen LogP) is 9.13. The van der Waals surface area contributed by atoms with Gasteiger partial charge in [0, 0.05) is 5.56 Å². The molecule has 4 N–H and O–H groups in total. The molecule has 0 aromatic heterocycles. The standard InChI is InChI=1S/C50H42O5.CH5N/c1-2-53-37-24-19-34(20-25-37)49(43-15-7-3-11-39(43)40-12-4-8-16-44(40)49)36-23-28-48(55-32-30-52)47(33-36)50(35-21-26-38(27-22-35)54-31-29-51)45-17-9-5-13-41(45)42-14-6-10-18-46(42)50;1-2/h3-28,33,51-52H,2,29-32H2,1H3;2H2,1H3. The van der Waals surface area contributed by atoms with E-state index in [1.807, 2.05) is 19.1 Å². The number of rotatable bonds is 12. The molecular formula is C51H47NO5. The summed E-state index contributed by atoms with van der Waals surface area (Å²) in [6, 6.07) is 58.3. The van der Waals surface area contributed by atoms with E-state index in [4.69, 9.17) is 14.2 Å². The maximum absolute atomic E-state index is 10.1. The third-order valence-electron chi connectivity index (χ3n) is 11.3. The van der Waals surface area contributed by atoms with Gasteiger partial charge in [0.05, 0.1) is 30.7 Å². The summed E-state index contributed by atoms with van der Waals surface area (Å²) in [4.78, 5) is 0. The highest BCUT2D eigenvalue weighted by Crippen LogP contribution is 2.61. The zero-order valence-corrected chi connectivity index (χ0v) is 32.3. The molecule has 2 aliphatic carbocycles. The van der Waals surface area contributed by atoms with Crippen LogP contribution < -0.4 is 19.9 Å². The Morgan fingerprint density at radius 1 is 0.421 bits per heavy atom. The molecular weight excluding hydrogens is 707 g/mol. The van der Waals surface area contributed by atoms with Crippen LogP contribution in [0.15, 0.2) is 164 Å². The summed E-state index contributed by atoms with van der Waals surface area (Å²) in [5.74, 6) is 2.22. The van der Waals surface area contributed by atoms with Crippen LogP contribution in [0.5, 0.6) is 17.2 Å². The van der Waals surface area contributed by atoms with Crippen molar-refractivity contribution in [2.45, 2.75) is 17.8 Å². The summed E-state index contributed by atoms with van der Waals surface area (Å²) in [5, 5.41) is 19.6. The van der Waals surface area contributed by atoms with Crippen LogP contribution in [0.2, 0.25) is 0 Å². The van der Waals surface area contributed by atoms with Gasteiger partial charge >= 0.3 is 0 Å². The van der Waals surface area contributed by atoms with Gasteiger partial charge in [-0.3, -0.25) is 0 Å². The van der Waals surface area contributed by atoms with Crippen LogP contribution in [0.25, 0.3) is 22.3 Å². The number of hydrogen-bond acceptors (Lipinski definition) is 6. The van der Waals surface area contributed by atoms with Gasteiger partial charge in [-0.1, -0.05) is 127 Å². The lowest BCUT2D eigenvalue weighted by atomic mass is 9.63. The molecule has 0 saturated heterocycles. The van der Waals surface area contributed by atoms with Crippen molar-refractivity contribution in [1.82, 2.24) is 0 Å². The van der Waals surface area contributed by atoms with Crippen molar-refractivity contribution in [2.24, 2.45) is 5.73 Å². The maximum atomic E-state index is 10.1. The van der Waals surface area contributed by atoms with E-state index >= 15 is 0 Å². The van der Waals surface area contributed by atoms with Gasteiger partial charge in [0.2, 0.25) is 0 Å². The quantitative estimate of drug-likeness (QED) is 0.115. The molecule has 2 aliphatic rings. The number of aliphatic hydroxyl groups excluding tert-OH is 2. The number of fused-ring (bicyclic) bond motifs is 6. The summed E-state index contributed by atoms with van der Waals surface area (Å²) in [6.45, 7) is 2.78. The Balaban J connectivity index is 0.00000224. The molecule has 0 unspecified atom stereocenters. The molecule has 0 heterocycles. The molecule has 0 amide bonds. The van der Waals surface area contributed by atoms with Gasteiger partial charge in [-0.05, 0) is 112 Å². The van der Waals surface area contributed by atoms with Crippen LogP contribution in [0.4, 0.5) is 0 Å². The molecule has 0 fully saturated rings. The second-order valence-electron chi connectivity index (χ2n) is 14.0. The van der Waals surface area contributed by atoms with E-state index in [1.165, 1.54) is 29.3 Å². The molecule has 0 atom stereocenters. The van der Waals surface area contributed by atoms with Gasteiger partial charge in [-0.15, -0.1) is 0 Å². The second kappa shape index (κ2) is 16.1. The lowest BCUT2D eigenvalue weighted by molar-refractivity contribution is 0.199. The third-order valence-corrected chi connectivity index (χ3v) is 11.3. The monoisotopic (exact) mass is 753 g/mol. The molecule has 0 aliphatic heterocycles. The third kappa shape index (κ3) is 6.00. The predicted molar refractivity (Wildman–Crippen MR) is 227 cm³/mol. The molecule has 6 heteroatoms. The van der Waals surface area contributed by atoms with Gasteiger partial charge in [-0.25, -0.2) is 0 Å². The van der Waals surface area contributed by atoms with Crippen molar-refractivity contribution in [3.8, 4) is 39.5 Å². The second-order valence-corrected chi connectivity index (χ2v) is 14.0. The highest BCUT2D eigenvalue weighted by molar-refractivity contribution is 5.89. The minimum atomic E-state index is -0.804. The van der Waals surface area contributed by atoms with Gasteiger partial charge in [0.25, 0.3) is 0 Å². The van der Waals surface area contributed by atoms with E-state index in [0.29, 0.717) is 18.1 Å². The minimum Gasteiger partial charge on any atom is -0.494 e. The van der Waals surface area contributed by atoms with Crippen molar-refractivity contribution >= 4 is 0 Å². The van der Waals surface area contributed by atoms with Crippen LogP contribution in [0.3, 0.4) is 0 Å². The summed E-state index contributed by atoms with van der Waals surface area (Å²) < 4.78 is 18.4. The fourth-order valence-corrected chi connectivity index (χ4v) is 9.29. The molecule has 7 aromatic rings. The van der Waals surface area contributed by atoms with Crippen LogP contribution in [0.1, 0.15) is 51.4 Å². The number of ether oxygens (including phenoxy) is 3. The van der Waals surface area contributed by atoms with E-state index in [1.54, 1.807) is 0 Å². The van der Waals surface area contributed by atoms with Gasteiger partial charge < -0.3 is 30.2 Å². The molecule has 0 radical (unpaired) electrons. The Morgan fingerprint density at radius 2 is 0.807 bits per heavy atom. The van der Waals surface area contributed by atoms with E-state index < -0.39 is 10.8 Å². The first kappa shape index (κ1) is 37.7. The van der Waals surface area contributed by atoms with E-state index in [-0.39, 0.29) is 26.4 Å². The summed E-state index contributed by atoms with van der Waals surface area (Å²) in [5.41, 5.74) is 16.7. The fourth-order valence-electron chi connectivity index (χ4n) is 9.29. The van der Waals surface area contributed by atoms with Crippen LogP contribution >= 0.6 is 0 Å². The Morgan fingerprint density at radius 3 is 1.26 bits per heavy atom. The SMILES string of the molecule is CCOc1ccc(C2(c3ccc(OCCO)c(C4(c5ccc(OCCO)cc5)c5ccccc5-c5ccccc54)c3)c3ccccc3-c3ccccc32)cc1.CN. The zero-order valence-electron chi connectivity index (χ0n) is 32.3. The number of aliphatic hydroxyl groups is 2. The molecule has 6 nitrogen and oxygen atoms in total. The van der Waals surface area contributed by atoms with Crippen molar-refractivity contribution < 1.29 is 24.4 Å². The molecule has 57 heavy (non-hydrogen) atoms. The van der Waals surface area contributed by atoms with Crippen molar-refractivity contribution in [1.29, 1.82) is 0 Å². The van der Waals surface area contributed by atoms with Crippen molar-refractivity contribution in [2.75, 3.05) is 40.1 Å². The Labute approximate surface area is 334 Å². The van der Waals surface area contributed by atoms with Gasteiger partial charge in [-0.2, -0.15) is 0 Å². The van der Waals surface area contributed by atoms with Gasteiger partial charge in [0.1, 0.15) is 30.5 Å². The largest absolute Gasteiger partial charge is 0.494 e. The molecule has 0 saturated carbocycles. The molecule has 9 rings (SSSR count).